The van der Waals surface area contributed by atoms with E-state index in [1.165, 1.54) is 0 Å². The van der Waals surface area contributed by atoms with Gasteiger partial charge in [-0.1, -0.05) is 12.2 Å². The Morgan fingerprint density at radius 1 is 0.639 bits per heavy atom. The van der Waals surface area contributed by atoms with Crippen LogP contribution in [-0.4, -0.2) is 111 Å². The van der Waals surface area contributed by atoms with Crippen molar-refractivity contribution in [1.82, 2.24) is 53.4 Å². The van der Waals surface area contributed by atoms with Crippen molar-refractivity contribution >= 4 is 56.5 Å². The van der Waals surface area contributed by atoms with E-state index in [4.69, 9.17) is 45.4 Å². The highest BCUT2D eigenvalue weighted by atomic mass is 16.5. The largest absolute Gasteiger partial charge is 0.491 e. The number of allylic oxidation sites excluding steroid dienone is 2. The zero-order chi connectivity index (χ0) is 51.2. The number of benzene rings is 2. The van der Waals surface area contributed by atoms with Crippen LogP contribution in [0.15, 0.2) is 60.8 Å². The van der Waals surface area contributed by atoms with Gasteiger partial charge in [0.2, 0.25) is 11.8 Å². The summed E-state index contributed by atoms with van der Waals surface area (Å²) in [5.74, 6) is -0.389. The highest BCUT2D eigenvalue weighted by molar-refractivity contribution is 6.12. The quantitative estimate of drug-likeness (QED) is 0.0300. The van der Waals surface area contributed by atoms with Crippen LogP contribution in [0.4, 0.5) is 0 Å². The number of nitrogens with zero attached hydrogens (tertiary/aromatic N) is 11. The summed E-state index contributed by atoms with van der Waals surface area (Å²) >= 11 is 0. The number of carbonyl (C=O) groups excluding carboxylic acids is 4. The van der Waals surface area contributed by atoms with Crippen LogP contribution < -0.4 is 20.9 Å². The molecule has 21 nitrogen and oxygen atoms in total. The fourth-order valence-electron chi connectivity index (χ4n) is 8.77. The number of aryl methyl sites for hydroxylation is 6. The zero-order valence-corrected chi connectivity index (χ0v) is 41.6. The lowest BCUT2D eigenvalue weighted by Crippen LogP contribution is -2.15. The van der Waals surface area contributed by atoms with Crippen LogP contribution in [0.2, 0.25) is 0 Å². The zero-order valence-electron chi connectivity index (χ0n) is 41.6. The smallest absolute Gasteiger partial charge is 0.356 e. The Kier molecular flexibility index (Phi) is 15.2. The number of esters is 1. The number of rotatable bonds is 24. The summed E-state index contributed by atoms with van der Waals surface area (Å²) in [5, 5.41) is 14.8. The summed E-state index contributed by atoms with van der Waals surface area (Å²) in [6, 6.07) is 11.9. The predicted molar refractivity (Wildman–Crippen MR) is 268 cm³/mol. The van der Waals surface area contributed by atoms with E-state index in [9.17, 15) is 19.2 Å². The molecule has 4 N–H and O–H groups in total. The second kappa shape index (κ2) is 21.8. The standard InChI is InChI=1S/C51H59N13O8/c1-8-62-38(21-30(4)57-62)41(65)28-44-55-37-25-34(48(53)67)27-43(71-19-14-20-72-51(68)40-23-32(6)59-64(40)10-3)46(37)60(44)15-11-12-16-61-45-35(24-33(47(52)66)26-42(45)70-18-13-17-69-7)36-29-54-49(56-50(36)61)39-22-31(5)58-63(39)9-2/h11-12,21-27,29H,8-10,13-20,28H2,1-7H3,(H2,52,66)(H2,53,67)/b12-11+. The van der Waals surface area contributed by atoms with Crippen LogP contribution in [-0.2, 0) is 48.6 Å². The average molecular weight is 982 g/mol. The molecule has 6 heterocycles. The molecule has 0 bridgehead atoms. The molecule has 8 aromatic rings. The molecule has 0 radical (unpaired) electrons. The molecule has 2 amide bonds. The number of ether oxygens (including phenoxy) is 4. The summed E-state index contributed by atoms with van der Waals surface area (Å²) in [5.41, 5.74) is 18.1. The van der Waals surface area contributed by atoms with Crippen LogP contribution in [0.3, 0.4) is 0 Å². The lowest BCUT2D eigenvalue weighted by atomic mass is 10.1. The SMILES string of the molecule is CCn1nc(C)cc1C(=O)Cc1nc2cc(C(N)=O)cc(OCCCOC(=O)c3cc(C)nn3CC)c2n1C/C=C/Cn1c2nc(-c3cc(C)nn3CC)ncc2c2cc(C(N)=O)cc(OCCCOC)c21. The minimum absolute atomic E-state index is 0.0541. The predicted octanol–water partition coefficient (Wildman–Crippen LogP) is 6.10. The second-order valence-electron chi connectivity index (χ2n) is 17.2. The Hall–Kier alpha value is -8.20. The molecule has 376 valence electrons. The number of hydrogen-bond donors (Lipinski definition) is 2. The molecule has 2 aromatic carbocycles. The average Bonchev–Trinajstić information content (AvgIpc) is 4.19. The van der Waals surface area contributed by atoms with Crippen molar-refractivity contribution in [3.05, 3.63) is 106 Å². The number of ketones is 1. The van der Waals surface area contributed by atoms with Crippen molar-refractivity contribution in [1.29, 1.82) is 0 Å². The Balaban J connectivity index is 1.18. The molecular formula is C51H59N13O8. The normalized spacial score (nSPS) is 11.7. The van der Waals surface area contributed by atoms with Gasteiger partial charge in [0.25, 0.3) is 0 Å². The van der Waals surface area contributed by atoms with Crippen LogP contribution in [0.1, 0.15) is 98.2 Å². The van der Waals surface area contributed by atoms with Crippen LogP contribution in [0.25, 0.3) is 44.5 Å². The van der Waals surface area contributed by atoms with Crippen LogP contribution >= 0.6 is 0 Å². The molecule has 0 aliphatic carbocycles. The monoisotopic (exact) mass is 981 g/mol. The first kappa shape index (κ1) is 50.2. The molecule has 0 atom stereocenters. The van der Waals surface area contributed by atoms with Crippen molar-refractivity contribution in [2.24, 2.45) is 11.5 Å². The first-order valence-corrected chi connectivity index (χ1v) is 23.9. The van der Waals surface area contributed by atoms with Gasteiger partial charge in [0, 0.05) is 87.4 Å². The summed E-state index contributed by atoms with van der Waals surface area (Å²) in [6.07, 6.45) is 6.45. The van der Waals surface area contributed by atoms with Gasteiger partial charge in [0.05, 0.1) is 54.4 Å². The number of amides is 2. The molecule has 0 saturated carbocycles. The fourth-order valence-corrected chi connectivity index (χ4v) is 8.77. The van der Waals surface area contributed by atoms with E-state index in [0.29, 0.717) is 125 Å². The van der Waals surface area contributed by atoms with Crippen molar-refractivity contribution < 1.29 is 38.1 Å². The topological polar surface area (TPSA) is 259 Å². The van der Waals surface area contributed by atoms with E-state index < -0.39 is 17.8 Å². The number of primary amides is 2. The van der Waals surface area contributed by atoms with E-state index >= 15 is 0 Å². The lowest BCUT2D eigenvalue weighted by molar-refractivity contribution is 0.0471. The molecule has 21 heteroatoms. The number of nitrogens with two attached hydrogens (primary N) is 2. The van der Waals surface area contributed by atoms with Gasteiger partial charge in [0.1, 0.15) is 45.6 Å². The highest BCUT2D eigenvalue weighted by Crippen LogP contribution is 2.37. The van der Waals surface area contributed by atoms with Gasteiger partial charge in [-0.15, -0.1) is 0 Å². The van der Waals surface area contributed by atoms with E-state index in [0.717, 1.165) is 11.4 Å². The number of carbonyl (C=O) groups is 4. The van der Waals surface area contributed by atoms with Crippen molar-refractivity contribution in [3.63, 3.8) is 0 Å². The maximum atomic E-state index is 14.1. The molecule has 0 aliphatic rings. The Morgan fingerprint density at radius 3 is 1.88 bits per heavy atom. The maximum Gasteiger partial charge on any atom is 0.356 e. The van der Waals surface area contributed by atoms with Gasteiger partial charge in [0.15, 0.2) is 11.6 Å². The summed E-state index contributed by atoms with van der Waals surface area (Å²) in [4.78, 5) is 67.3. The van der Waals surface area contributed by atoms with Crippen molar-refractivity contribution in [2.45, 2.75) is 93.5 Å². The minimum Gasteiger partial charge on any atom is -0.491 e. The van der Waals surface area contributed by atoms with Crippen molar-refractivity contribution in [3.8, 4) is 23.0 Å². The number of fused-ring (bicyclic) bond motifs is 4. The highest BCUT2D eigenvalue weighted by Gasteiger charge is 2.24. The third-order valence-corrected chi connectivity index (χ3v) is 12.0. The van der Waals surface area contributed by atoms with Crippen molar-refractivity contribution in [2.75, 3.05) is 33.5 Å². The summed E-state index contributed by atoms with van der Waals surface area (Å²) in [6.45, 7) is 14.4. The van der Waals surface area contributed by atoms with E-state index in [1.807, 2.05) is 73.6 Å². The van der Waals surface area contributed by atoms with Gasteiger partial charge < -0.3 is 39.5 Å². The third kappa shape index (κ3) is 10.5. The van der Waals surface area contributed by atoms with Gasteiger partial charge in [-0.25, -0.2) is 19.7 Å². The second-order valence-corrected chi connectivity index (χ2v) is 17.2. The maximum absolute atomic E-state index is 14.1. The van der Waals surface area contributed by atoms with Gasteiger partial charge >= 0.3 is 5.97 Å². The van der Waals surface area contributed by atoms with Gasteiger partial charge in [-0.2, -0.15) is 15.3 Å². The number of methoxy groups -OCH3 is 1. The molecule has 0 fully saturated rings. The summed E-state index contributed by atoms with van der Waals surface area (Å²) in [7, 11) is 1.62. The molecule has 0 unspecified atom stereocenters. The van der Waals surface area contributed by atoms with Gasteiger partial charge in [-0.3, -0.25) is 28.4 Å². The number of imidazole rings is 1. The molecule has 0 aliphatic heterocycles. The van der Waals surface area contributed by atoms with Gasteiger partial charge in [-0.05, 0) is 84.0 Å². The molecule has 0 saturated heterocycles. The van der Waals surface area contributed by atoms with E-state index in [2.05, 4.69) is 15.3 Å². The first-order chi connectivity index (χ1) is 34.7. The van der Waals surface area contributed by atoms with E-state index in [1.54, 1.807) is 59.1 Å². The minimum atomic E-state index is -0.690. The first-order valence-electron chi connectivity index (χ1n) is 23.9. The Labute approximate surface area is 414 Å². The Bertz CT molecular complexity index is 3370. The number of hydrogen-bond acceptors (Lipinski definition) is 14. The number of Topliss-reactive ketones (excluding diaryl/α,β-unsaturated/α-hetero) is 1. The molecule has 0 spiro atoms. The molecule has 72 heavy (non-hydrogen) atoms. The molecule has 8 rings (SSSR count). The Morgan fingerprint density at radius 2 is 1.22 bits per heavy atom. The van der Waals surface area contributed by atoms with E-state index in [-0.39, 0.29) is 49.6 Å². The molecule has 6 aromatic heterocycles. The lowest BCUT2D eigenvalue weighted by Gasteiger charge is -2.13. The third-order valence-electron chi connectivity index (χ3n) is 12.0. The molecular weight excluding hydrogens is 923 g/mol. The fraction of sp³-hybridized carbons (Fsp3) is 0.373. The van der Waals surface area contributed by atoms with Crippen LogP contribution in [0, 0.1) is 20.8 Å². The van der Waals surface area contributed by atoms with Crippen LogP contribution in [0.5, 0.6) is 11.5 Å². The number of aromatic nitrogens is 11. The summed E-state index contributed by atoms with van der Waals surface area (Å²) < 4.78 is 32.6.